The molecular weight excluding hydrogens is 312 g/mol. The highest BCUT2D eigenvalue weighted by molar-refractivity contribution is 6.31. The fourth-order valence-electron chi connectivity index (χ4n) is 2.77. The Balaban J connectivity index is 1.65. The number of pyridine rings is 2. The fourth-order valence-corrected chi connectivity index (χ4v) is 2.94. The molecule has 0 radical (unpaired) electrons. The lowest BCUT2D eigenvalue weighted by atomic mass is 10.0. The molecule has 0 atom stereocenters. The first-order valence-electron chi connectivity index (χ1n) is 8.00. The van der Waals surface area contributed by atoms with Crippen LogP contribution in [-0.4, -0.2) is 35.0 Å². The fraction of sp³-hybridized carbons (Fsp3) is 0.471. The molecular formula is C17H21ClN4O. The summed E-state index contributed by atoms with van der Waals surface area (Å²) in [4.78, 5) is 22.9. The number of nitrogens with one attached hydrogen (secondary N) is 1. The van der Waals surface area contributed by atoms with Crippen molar-refractivity contribution in [3.05, 3.63) is 29.4 Å². The van der Waals surface area contributed by atoms with Crippen LogP contribution in [0.3, 0.4) is 0 Å². The summed E-state index contributed by atoms with van der Waals surface area (Å²) in [5.41, 5.74) is 0.710. The van der Waals surface area contributed by atoms with Crippen molar-refractivity contribution in [3.63, 3.8) is 0 Å². The van der Waals surface area contributed by atoms with Crippen LogP contribution in [0.25, 0.3) is 11.0 Å². The third-order valence-corrected chi connectivity index (χ3v) is 4.39. The predicted molar refractivity (Wildman–Crippen MR) is 92.8 cm³/mol. The van der Waals surface area contributed by atoms with E-state index in [0.717, 1.165) is 37.1 Å². The quantitative estimate of drug-likeness (QED) is 0.938. The van der Waals surface area contributed by atoms with Gasteiger partial charge in [-0.2, -0.15) is 0 Å². The van der Waals surface area contributed by atoms with Gasteiger partial charge in [0.15, 0.2) is 5.65 Å². The second-order valence-electron chi connectivity index (χ2n) is 6.29. The molecule has 0 saturated carbocycles. The van der Waals surface area contributed by atoms with Crippen LogP contribution in [0, 0.1) is 5.92 Å². The smallest absolute Gasteiger partial charge is 0.222 e. The van der Waals surface area contributed by atoms with Gasteiger partial charge >= 0.3 is 0 Å². The van der Waals surface area contributed by atoms with E-state index in [0.29, 0.717) is 10.7 Å². The van der Waals surface area contributed by atoms with Crippen LogP contribution in [0.2, 0.25) is 5.02 Å². The molecule has 0 aliphatic carbocycles. The predicted octanol–water partition coefficient (Wildman–Crippen LogP) is 3.02. The second kappa shape index (κ2) is 6.71. The highest BCUT2D eigenvalue weighted by atomic mass is 35.5. The van der Waals surface area contributed by atoms with Crippen molar-refractivity contribution in [2.45, 2.75) is 32.7 Å². The topological polar surface area (TPSA) is 58.1 Å². The standard InChI is InChI=1S/C17H21ClN4O/c1-11(2)17(23)20-14-5-7-22(8-6-14)15-4-3-12-9-13(18)10-19-16(12)21-15/h3-4,9-11,14H,5-8H2,1-2H3,(H,20,23). The van der Waals surface area contributed by atoms with Crippen LogP contribution >= 0.6 is 11.6 Å². The third kappa shape index (κ3) is 3.72. The summed E-state index contributed by atoms with van der Waals surface area (Å²) in [6.07, 6.45) is 3.49. The molecule has 23 heavy (non-hydrogen) atoms. The molecule has 2 aromatic heterocycles. The number of amides is 1. The Labute approximate surface area is 141 Å². The number of carbonyl (C=O) groups is 1. The van der Waals surface area contributed by atoms with Gasteiger partial charge in [0.2, 0.25) is 5.91 Å². The average molecular weight is 333 g/mol. The van der Waals surface area contributed by atoms with E-state index in [9.17, 15) is 4.79 Å². The molecule has 1 N–H and O–H groups in total. The molecule has 0 aromatic carbocycles. The molecule has 0 spiro atoms. The molecule has 6 heteroatoms. The monoisotopic (exact) mass is 332 g/mol. The highest BCUT2D eigenvalue weighted by Crippen LogP contribution is 2.22. The highest BCUT2D eigenvalue weighted by Gasteiger charge is 2.22. The zero-order chi connectivity index (χ0) is 16.4. The lowest BCUT2D eigenvalue weighted by Crippen LogP contribution is -2.46. The first kappa shape index (κ1) is 16.0. The van der Waals surface area contributed by atoms with Gasteiger partial charge in [-0.05, 0) is 31.0 Å². The van der Waals surface area contributed by atoms with E-state index in [2.05, 4.69) is 20.2 Å². The minimum Gasteiger partial charge on any atom is -0.356 e. The van der Waals surface area contributed by atoms with Crippen molar-refractivity contribution in [3.8, 4) is 0 Å². The Morgan fingerprint density at radius 3 is 2.78 bits per heavy atom. The zero-order valence-corrected chi connectivity index (χ0v) is 14.2. The van der Waals surface area contributed by atoms with Crippen molar-refractivity contribution >= 4 is 34.4 Å². The molecule has 1 fully saturated rings. The van der Waals surface area contributed by atoms with E-state index < -0.39 is 0 Å². The number of anilines is 1. The number of carbonyl (C=O) groups excluding carboxylic acids is 1. The van der Waals surface area contributed by atoms with Gasteiger partial charge in [0.1, 0.15) is 5.82 Å². The lowest BCUT2D eigenvalue weighted by Gasteiger charge is -2.33. The molecule has 2 aromatic rings. The van der Waals surface area contributed by atoms with Crippen molar-refractivity contribution in [1.82, 2.24) is 15.3 Å². The van der Waals surface area contributed by atoms with Crippen molar-refractivity contribution in [1.29, 1.82) is 0 Å². The number of hydrogen-bond acceptors (Lipinski definition) is 4. The Kier molecular flexibility index (Phi) is 4.66. The van der Waals surface area contributed by atoms with Gasteiger partial charge in [-0.25, -0.2) is 9.97 Å². The molecule has 3 heterocycles. The average Bonchev–Trinajstić information content (AvgIpc) is 2.55. The van der Waals surface area contributed by atoms with E-state index in [4.69, 9.17) is 11.6 Å². The number of rotatable bonds is 3. The van der Waals surface area contributed by atoms with Crippen molar-refractivity contribution < 1.29 is 4.79 Å². The number of hydrogen-bond donors (Lipinski definition) is 1. The van der Waals surface area contributed by atoms with Crippen LogP contribution in [-0.2, 0) is 4.79 Å². The van der Waals surface area contributed by atoms with Crippen molar-refractivity contribution in [2.24, 2.45) is 5.92 Å². The van der Waals surface area contributed by atoms with E-state index in [1.165, 1.54) is 0 Å². The van der Waals surface area contributed by atoms with Crippen LogP contribution < -0.4 is 10.2 Å². The Hall–Kier alpha value is -1.88. The van der Waals surface area contributed by atoms with E-state index >= 15 is 0 Å². The first-order valence-corrected chi connectivity index (χ1v) is 8.38. The molecule has 1 saturated heterocycles. The number of piperidine rings is 1. The summed E-state index contributed by atoms with van der Waals surface area (Å²) in [6, 6.07) is 6.14. The third-order valence-electron chi connectivity index (χ3n) is 4.18. The number of aromatic nitrogens is 2. The largest absolute Gasteiger partial charge is 0.356 e. The van der Waals surface area contributed by atoms with Crippen LogP contribution in [0.4, 0.5) is 5.82 Å². The molecule has 3 rings (SSSR count). The number of nitrogens with zero attached hydrogens (tertiary/aromatic N) is 3. The summed E-state index contributed by atoms with van der Waals surface area (Å²) in [6.45, 7) is 5.61. The van der Waals surface area contributed by atoms with Crippen LogP contribution in [0.1, 0.15) is 26.7 Å². The van der Waals surface area contributed by atoms with E-state index in [-0.39, 0.29) is 17.9 Å². The van der Waals surface area contributed by atoms with Gasteiger partial charge in [0, 0.05) is 36.6 Å². The minimum atomic E-state index is 0.0353. The van der Waals surface area contributed by atoms with Gasteiger partial charge in [-0.15, -0.1) is 0 Å². The maximum atomic E-state index is 11.8. The zero-order valence-electron chi connectivity index (χ0n) is 13.4. The van der Waals surface area contributed by atoms with Crippen LogP contribution in [0.5, 0.6) is 0 Å². The SMILES string of the molecule is CC(C)C(=O)NC1CCN(c2ccc3cc(Cl)cnc3n2)CC1. The minimum absolute atomic E-state index is 0.0353. The molecule has 0 bridgehead atoms. The maximum Gasteiger partial charge on any atom is 0.222 e. The molecule has 122 valence electrons. The molecule has 1 aliphatic rings. The van der Waals surface area contributed by atoms with E-state index in [1.807, 2.05) is 32.0 Å². The lowest BCUT2D eigenvalue weighted by molar-refractivity contribution is -0.124. The molecule has 1 amide bonds. The van der Waals surface area contributed by atoms with Crippen LogP contribution in [0.15, 0.2) is 24.4 Å². The maximum absolute atomic E-state index is 11.8. The molecule has 1 aliphatic heterocycles. The molecule has 0 unspecified atom stereocenters. The Bertz CT molecular complexity index is 711. The van der Waals surface area contributed by atoms with Crippen molar-refractivity contribution in [2.75, 3.05) is 18.0 Å². The Morgan fingerprint density at radius 1 is 1.35 bits per heavy atom. The van der Waals surface area contributed by atoms with Gasteiger partial charge < -0.3 is 10.2 Å². The van der Waals surface area contributed by atoms with Gasteiger partial charge in [-0.1, -0.05) is 25.4 Å². The summed E-state index contributed by atoms with van der Waals surface area (Å²) in [7, 11) is 0. The molecule has 5 nitrogen and oxygen atoms in total. The summed E-state index contributed by atoms with van der Waals surface area (Å²) in [5.74, 6) is 1.10. The summed E-state index contributed by atoms with van der Waals surface area (Å²) >= 11 is 5.95. The summed E-state index contributed by atoms with van der Waals surface area (Å²) in [5, 5.41) is 4.68. The van der Waals surface area contributed by atoms with Gasteiger partial charge in [-0.3, -0.25) is 4.79 Å². The van der Waals surface area contributed by atoms with E-state index in [1.54, 1.807) is 6.20 Å². The van der Waals surface area contributed by atoms with Gasteiger partial charge in [0.25, 0.3) is 0 Å². The normalized spacial score (nSPS) is 16.1. The number of fused-ring (bicyclic) bond motifs is 1. The second-order valence-corrected chi connectivity index (χ2v) is 6.73. The first-order chi connectivity index (χ1) is 11.0. The van der Waals surface area contributed by atoms with Gasteiger partial charge in [0.05, 0.1) is 5.02 Å². The Morgan fingerprint density at radius 2 is 2.09 bits per heavy atom. The number of halogens is 1. The summed E-state index contributed by atoms with van der Waals surface area (Å²) < 4.78 is 0.